The highest BCUT2D eigenvalue weighted by Gasteiger charge is 2.20. The minimum atomic E-state index is -0.570. The van der Waals surface area contributed by atoms with Crippen LogP contribution in [0.2, 0.25) is 0 Å². The molecule has 0 saturated carbocycles. The number of nitriles is 1. The Kier molecular flexibility index (Phi) is 4.81. The summed E-state index contributed by atoms with van der Waals surface area (Å²) in [5.74, 6) is 2.49. The molecule has 0 unspecified atom stereocenters. The zero-order valence-corrected chi connectivity index (χ0v) is 14.6. The van der Waals surface area contributed by atoms with Crippen LogP contribution in [0.5, 0.6) is 0 Å². The lowest BCUT2D eigenvalue weighted by molar-refractivity contribution is 0.523. The summed E-state index contributed by atoms with van der Waals surface area (Å²) in [6.07, 6.45) is 0. The molecule has 0 bridgehead atoms. The Balaban J connectivity index is 2.04. The maximum Gasteiger partial charge on any atom is 0.356 e. The van der Waals surface area contributed by atoms with E-state index in [0.29, 0.717) is 11.4 Å². The zero-order chi connectivity index (χ0) is 17.1. The van der Waals surface area contributed by atoms with Crippen LogP contribution in [-0.4, -0.2) is 38.7 Å². The van der Waals surface area contributed by atoms with Crippen molar-refractivity contribution in [2.75, 3.05) is 48.5 Å². The Labute approximate surface area is 145 Å². The lowest BCUT2D eigenvalue weighted by atomic mass is 10.1. The quantitative estimate of drug-likeness (QED) is 0.855. The molecule has 0 aliphatic carbocycles. The Morgan fingerprint density at radius 3 is 2.46 bits per heavy atom. The summed E-state index contributed by atoms with van der Waals surface area (Å²) >= 11 is 1.89. The smallest absolute Gasteiger partial charge is 0.356 e. The van der Waals surface area contributed by atoms with E-state index >= 15 is 0 Å². The highest BCUT2D eigenvalue weighted by Crippen LogP contribution is 2.28. The van der Waals surface area contributed by atoms with Crippen LogP contribution in [0.1, 0.15) is 5.56 Å². The molecule has 0 radical (unpaired) electrons. The molecule has 1 aromatic heterocycles. The molecule has 5 nitrogen and oxygen atoms in total. The predicted molar refractivity (Wildman–Crippen MR) is 99.0 cm³/mol. The largest absolute Gasteiger partial charge is 0.422 e. The van der Waals surface area contributed by atoms with Crippen LogP contribution in [0.4, 0.5) is 11.4 Å². The van der Waals surface area contributed by atoms with Crippen molar-refractivity contribution >= 4 is 23.1 Å². The first-order valence-corrected chi connectivity index (χ1v) is 8.94. The van der Waals surface area contributed by atoms with Crippen LogP contribution < -0.4 is 15.4 Å². The normalized spacial score (nSPS) is 14.3. The SMILES string of the molecule is CN(C)c1ccc(-c2cc(N3CCSCC3)c(C#N)c(=O)o2)cc1. The molecule has 0 N–H and O–H groups in total. The molecule has 1 fully saturated rings. The van der Waals surface area contributed by atoms with Crippen molar-refractivity contribution in [2.24, 2.45) is 0 Å². The first kappa shape index (κ1) is 16.5. The maximum atomic E-state index is 12.3. The fraction of sp³-hybridized carbons (Fsp3) is 0.333. The van der Waals surface area contributed by atoms with Crippen LogP contribution in [-0.2, 0) is 0 Å². The van der Waals surface area contributed by atoms with Gasteiger partial charge in [-0.05, 0) is 24.3 Å². The average Bonchev–Trinajstić information content (AvgIpc) is 2.62. The van der Waals surface area contributed by atoms with E-state index in [4.69, 9.17) is 4.42 Å². The summed E-state index contributed by atoms with van der Waals surface area (Å²) in [5.41, 5.74) is 2.11. The Morgan fingerprint density at radius 1 is 1.21 bits per heavy atom. The fourth-order valence-electron chi connectivity index (χ4n) is 2.70. The van der Waals surface area contributed by atoms with Crippen molar-refractivity contribution in [3.05, 3.63) is 46.3 Å². The number of benzene rings is 1. The summed E-state index contributed by atoms with van der Waals surface area (Å²) in [5, 5.41) is 9.34. The van der Waals surface area contributed by atoms with Gasteiger partial charge >= 0.3 is 5.63 Å². The molecule has 6 heteroatoms. The number of anilines is 2. The maximum absolute atomic E-state index is 12.3. The Morgan fingerprint density at radius 2 is 1.88 bits per heavy atom. The van der Waals surface area contributed by atoms with Crippen LogP contribution >= 0.6 is 11.8 Å². The van der Waals surface area contributed by atoms with Crippen LogP contribution in [0, 0.1) is 11.3 Å². The summed E-state index contributed by atoms with van der Waals surface area (Å²) in [6.45, 7) is 1.67. The first-order chi connectivity index (χ1) is 11.6. The van der Waals surface area contributed by atoms with E-state index in [1.54, 1.807) is 0 Å². The first-order valence-electron chi connectivity index (χ1n) is 7.79. The molecule has 1 aliphatic rings. The van der Waals surface area contributed by atoms with Crippen LogP contribution in [0.25, 0.3) is 11.3 Å². The van der Waals surface area contributed by atoms with Gasteiger partial charge in [-0.15, -0.1) is 0 Å². The summed E-state index contributed by atoms with van der Waals surface area (Å²) < 4.78 is 5.39. The Bertz CT molecular complexity index is 816. The highest BCUT2D eigenvalue weighted by atomic mass is 32.2. The van der Waals surface area contributed by atoms with Crippen molar-refractivity contribution < 1.29 is 4.42 Å². The van der Waals surface area contributed by atoms with Crippen LogP contribution in [0.15, 0.2) is 39.5 Å². The summed E-state index contributed by atoms with van der Waals surface area (Å²) in [7, 11) is 3.95. The number of thioether (sulfide) groups is 1. The molecule has 0 atom stereocenters. The minimum Gasteiger partial charge on any atom is -0.422 e. The van der Waals surface area contributed by atoms with Gasteiger partial charge in [0.15, 0.2) is 5.56 Å². The van der Waals surface area contributed by atoms with Crippen molar-refractivity contribution in [1.29, 1.82) is 5.26 Å². The van der Waals surface area contributed by atoms with Gasteiger partial charge in [-0.3, -0.25) is 0 Å². The number of rotatable bonds is 3. The monoisotopic (exact) mass is 341 g/mol. The molecular weight excluding hydrogens is 322 g/mol. The third-order valence-electron chi connectivity index (χ3n) is 4.06. The zero-order valence-electron chi connectivity index (χ0n) is 13.8. The third-order valence-corrected chi connectivity index (χ3v) is 5.01. The average molecular weight is 341 g/mol. The van der Waals surface area contributed by atoms with E-state index in [9.17, 15) is 10.1 Å². The van der Waals surface area contributed by atoms with Gasteiger partial charge in [0, 0.05) is 56.0 Å². The van der Waals surface area contributed by atoms with Gasteiger partial charge in [0.05, 0.1) is 5.69 Å². The minimum absolute atomic E-state index is 0.0931. The molecule has 124 valence electrons. The molecule has 1 aromatic carbocycles. The van der Waals surface area contributed by atoms with E-state index in [-0.39, 0.29) is 5.56 Å². The molecule has 1 saturated heterocycles. The van der Waals surface area contributed by atoms with Crippen LogP contribution in [0.3, 0.4) is 0 Å². The molecule has 1 aliphatic heterocycles. The molecule has 0 spiro atoms. The second-order valence-corrected chi connectivity index (χ2v) is 7.04. The predicted octanol–water partition coefficient (Wildman–Crippen LogP) is 2.80. The van der Waals surface area contributed by atoms with Crippen molar-refractivity contribution in [1.82, 2.24) is 0 Å². The molecule has 2 heterocycles. The third kappa shape index (κ3) is 3.26. The summed E-state index contributed by atoms with van der Waals surface area (Å²) in [6, 6.07) is 11.6. The van der Waals surface area contributed by atoms with Gasteiger partial charge in [0.25, 0.3) is 0 Å². The van der Waals surface area contributed by atoms with Gasteiger partial charge in [-0.2, -0.15) is 17.0 Å². The van der Waals surface area contributed by atoms with Crippen molar-refractivity contribution in [2.45, 2.75) is 0 Å². The van der Waals surface area contributed by atoms with E-state index in [1.807, 2.05) is 67.2 Å². The van der Waals surface area contributed by atoms with E-state index in [2.05, 4.69) is 4.90 Å². The number of hydrogen-bond acceptors (Lipinski definition) is 6. The Hall–Kier alpha value is -2.39. The molecule has 24 heavy (non-hydrogen) atoms. The second kappa shape index (κ2) is 7.02. The van der Waals surface area contributed by atoms with Crippen molar-refractivity contribution in [3.63, 3.8) is 0 Å². The van der Waals surface area contributed by atoms with Crippen molar-refractivity contribution in [3.8, 4) is 17.4 Å². The molecule has 3 rings (SSSR count). The number of nitrogens with zero attached hydrogens (tertiary/aromatic N) is 3. The van der Waals surface area contributed by atoms with Gasteiger partial charge in [0.2, 0.25) is 0 Å². The van der Waals surface area contributed by atoms with E-state index in [1.165, 1.54) is 0 Å². The lowest BCUT2D eigenvalue weighted by Gasteiger charge is -2.29. The molecule has 0 amide bonds. The standard InChI is InChI=1S/C18H19N3O2S/c1-20(2)14-5-3-13(4-6-14)17-11-16(15(12-19)18(22)23-17)21-7-9-24-10-8-21/h3-6,11H,7-10H2,1-2H3. The molecule has 2 aromatic rings. The summed E-state index contributed by atoms with van der Waals surface area (Å²) in [4.78, 5) is 16.4. The lowest BCUT2D eigenvalue weighted by Crippen LogP contribution is -2.34. The fourth-order valence-corrected chi connectivity index (χ4v) is 3.61. The topological polar surface area (TPSA) is 60.5 Å². The van der Waals surface area contributed by atoms with E-state index < -0.39 is 5.63 Å². The van der Waals surface area contributed by atoms with Gasteiger partial charge in [-0.25, -0.2) is 4.79 Å². The van der Waals surface area contributed by atoms with E-state index in [0.717, 1.165) is 35.8 Å². The van der Waals surface area contributed by atoms with Gasteiger partial charge in [-0.1, -0.05) is 0 Å². The second-order valence-electron chi connectivity index (χ2n) is 5.81. The van der Waals surface area contributed by atoms with Gasteiger partial charge < -0.3 is 14.2 Å². The van der Waals surface area contributed by atoms with Gasteiger partial charge in [0.1, 0.15) is 11.8 Å². The number of hydrogen-bond donors (Lipinski definition) is 0. The molecular formula is C18H19N3O2S. The highest BCUT2D eigenvalue weighted by molar-refractivity contribution is 7.99.